The SMILES string of the molecule is C#CCON=C1CC(C(C)(C)C)C1. The average Bonchev–Trinajstić information content (AvgIpc) is 1.91. The van der Waals surface area contributed by atoms with Crippen LogP contribution in [0, 0.1) is 23.7 Å². The molecule has 1 saturated carbocycles. The van der Waals surface area contributed by atoms with Crippen molar-refractivity contribution < 1.29 is 4.84 Å². The smallest absolute Gasteiger partial charge is 0.177 e. The van der Waals surface area contributed by atoms with Crippen LogP contribution in [0.2, 0.25) is 0 Å². The Balaban J connectivity index is 2.26. The van der Waals surface area contributed by atoms with E-state index in [1.165, 1.54) is 0 Å². The van der Waals surface area contributed by atoms with Crippen molar-refractivity contribution >= 4 is 5.71 Å². The van der Waals surface area contributed by atoms with Crippen LogP contribution in [0.3, 0.4) is 0 Å². The molecule has 0 unspecified atom stereocenters. The standard InChI is InChI=1S/C11H17NO/c1-5-6-13-12-10-7-9(8-10)11(2,3)4/h1,9H,6-8H2,2-4H3. The Hall–Kier alpha value is -0.970. The van der Waals surface area contributed by atoms with Crippen LogP contribution in [0.25, 0.3) is 0 Å². The molecule has 0 N–H and O–H groups in total. The first-order valence-electron chi connectivity index (χ1n) is 4.65. The fourth-order valence-electron chi connectivity index (χ4n) is 1.36. The quantitative estimate of drug-likeness (QED) is 0.362. The van der Waals surface area contributed by atoms with Crippen molar-refractivity contribution in [2.24, 2.45) is 16.5 Å². The molecule has 0 aromatic carbocycles. The molecule has 0 bridgehead atoms. The van der Waals surface area contributed by atoms with E-state index in [4.69, 9.17) is 11.3 Å². The maximum Gasteiger partial charge on any atom is 0.177 e. The summed E-state index contributed by atoms with van der Waals surface area (Å²) in [5, 5.41) is 3.96. The third-order valence-electron chi connectivity index (χ3n) is 2.53. The van der Waals surface area contributed by atoms with Crippen LogP contribution in [0.1, 0.15) is 33.6 Å². The highest BCUT2D eigenvalue weighted by atomic mass is 16.6. The van der Waals surface area contributed by atoms with Crippen LogP contribution in [-0.2, 0) is 4.84 Å². The lowest BCUT2D eigenvalue weighted by atomic mass is 9.67. The summed E-state index contributed by atoms with van der Waals surface area (Å²) in [6.45, 7) is 7.06. The van der Waals surface area contributed by atoms with Crippen LogP contribution in [0.15, 0.2) is 5.16 Å². The molecule has 0 radical (unpaired) electrons. The van der Waals surface area contributed by atoms with E-state index in [1.54, 1.807) is 0 Å². The summed E-state index contributed by atoms with van der Waals surface area (Å²) in [5.41, 5.74) is 1.54. The summed E-state index contributed by atoms with van der Waals surface area (Å²) in [4.78, 5) is 4.90. The number of rotatable bonds is 2. The molecule has 13 heavy (non-hydrogen) atoms. The molecule has 1 aliphatic carbocycles. The number of nitrogens with zero attached hydrogens (tertiary/aromatic N) is 1. The number of terminal acetylenes is 1. The first-order valence-corrected chi connectivity index (χ1v) is 4.65. The summed E-state index contributed by atoms with van der Waals surface area (Å²) >= 11 is 0. The zero-order valence-corrected chi connectivity index (χ0v) is 8.63. The van der Waals surface area contributed by atoms with E-state index in [0.717, 1.165) is 24.5 Å². The predicted molar refractivity (Wildman–Crippen MR) is 54.4 cm³/mol. The van der Waals surface area contributed by atoms with Crippen molar-refractivity contribution in [1.82, 2.24) is 0 Å². The monoisotopic (exact) mass is 179 g/mol. The van der Waals surface area contributed by atoms with Crippen LogP contribution >= 0.6 is 0 Å². The van der Waals surface area contributed by atoms with E-state index < -0.39 is 0 Å². The Labute approximate surface area is 80.3 Å². The van der Waals surface area contributed by atoms with Crippen LogP contribution < -0.4 is 0 Å². The predicted octanol–water partition coefficient (Wildman–Crippen LogP) is 2.45. The fraction of sp³-hybridized carbons (Fsp3) is 0.727. The van der Waals surface area contributed by atoms with E-state index in [2.05, 4.69) is 31.8 Å². The topological polar surface area (TPSA) is 21.6 Å². The highest BCUT2D eigenvalue weighted by molar-refractivity contribution is 5.89. The van der Waals surface area contributed by atoms with Gasteiger partial charge in [0.25, 0.3) is 0 Å². The summed E-state index contributed by atoms with van der Waals surface area (Å²) in [6, 6.07) is 0. The molecule has 1 fully saturated rings. The lowest BCUT2D eigenvalue weighted by Gasteiger charge is -2.38. The first-order chi connectivity index (χ1) is 6.04. The van der Waals surface area contributed by atoms with E-state index >= 15 is 0 Å². The summed E-state index contributed by atoms with van der Waals surface area (Å²) in [6.07, 6.45) is 7.15. The molecule has 0 aromatic rings. The van der Waals surface area contributed by atoms with Gasteiger partial charge in [0, 0.05) is 0 Å². The Kier molecular flexibility index (Phi) is 2.98. The molecule has 0 aromatic heterocycles. The Morgan fingerprint density at radius 2 is 2.15 bits per heavy atom. The van der Waals surface area contributed by atoms with Crippen LogP contribution in [0.5, 0.6) is 0 Å². The molecular weight excluding hydrogens is 162 g/mol. The fourth-order valence-corrected chi connectivity index (χ4v) is 1.36. The molecule has 0 heterocycles. The average molecular weight is 179 g/mol. The number of hydrogen-bond donors (Lipinski definition) is 0. The molecule has 0 aliphatic heterocycles. The van der Waals surface area contributed by atoms with Gasteiger partial charge in [-0.1, -0.05) is 31.8 Å². The van der Waals surface area contributed by atoms with Gasteiger partial charge in [0.05, 0.1) is 5.71 Å². The van der Waals surface area contributed by atoms with Gasteiger partial charge in [0.15, 0.2) is 6.61 Å². The lowest BCUT2D eigenvalue weighted by molar-refractivity contribution is 0.163. The molecule has 0 atom stereocenters. The molecule has 1 aliphatic rings. The van der Waals surface area contributed by atoms with Crippen molar-refractivity contribution in [2.75, 3.05) is 6.61 Å². The zero-order chi connectivity index (χ0) is 9.90. The minimum atomic E-state index is 0.281. The van der Waals surface area contributed by atoms with Gasteiger partial charge in [0.2, 0.25) is 0 Å². The minimum Gasteiger partial charge on any atom is -0.383 e. The van der Waals surface area contributed by atoms with Gasteiger partial charge in [-0.25, -0.2) is 0 Å². The summed E-state index contributed by atoms with van der Waals surface area (Å²) in [5.74, 6) is 3.13. The maximum atomic E-state index is 5.03. The highest BCUT2D eigenvalue weighted by Crippen LogP contribution is 2.39. The first kappa shape index (κ1) is 10.1. The Bertz CT molecular complexity index is 234. The molecular formula is C11H17NO. The van der Waals surface area contributed by atoms with Gasteiger partial charge < -0.3 is 4.84 Å². The van der Waals surface area contributed by atoms with E-state index in [1.807, 2.05) is 0 Å². The van der Waals surface area contributed by atoms with Gasteiger partial charge in [-0.05, 0) is 24.2 Å². The molecule has 0 saturated heterocycles. The van der Waals surface area contributed by atoms with Crippen molar-refractivity contribution in [3.63, 3.8) is 0 Å². The number of oxime groups is 1. The summed E-state index contributed by atoms with van der Waals surface area (Å²) < 4.78 is 0. The second-order valence-electron chi connectivity index (χ2n) is 4.61. The van der Waals surface area contributed by atoms with E-state index in [0.29, 0.717) is 5.41 Å². The van der Waals surface area contributed by atoms with Crippen LogP contribution in [-0.4, -0.2) is 12.3 Å². The normalized spacial score (nSPS) is 21.7. The maximum absolute atomic E-state index is 5.03. The second kappa shape index (κ2) is 3.83. The van der Waals surface area contributed by atoms with E-state index in [9.17, 15) is 0 Å². The van der Waals surface area contributed by atoms with Crippen LogP contribution in [0.4, 0.5) is 0 Å². The van der Waals surface area contributed by atoms with Gasteiger partial charge in [0.1, 0.15) is 0 Å². The van der Waals surface area contributed by atoms with Crippen molar-refractivity contribution in [2.45, 2.75) is 33.6 Å². The largest absolute Gasteiger partial charge is 0.383 e. The Morgan fingerprint density at radius 1 is 1.54 bits per heavy atom. The van der Waals surface area contributed by atoms with E-state index in [-0.39, 0.29) is 6.61 Å². The molecule has 0 amide bonds. The molecule has 2 nitrogen and oxygen atoms in total. The molecule has 72 valence electrons. The van der Waals surface area contributed by atoms with Crippen molar-refractivity contribution in [3.05, 3.63) is 0 Å². The van der Waals surface area contributed by atoms with Gasteiger partial charge in [-0.15, -0.1) is 6.42 Å². The second-order valence-corrected chi connectivity index (χ2v) is 4.61. The molecule has 1 rings (SSSR count). The summed E-state index contributed by atoms with van der Waals surface area (Å²) in [7, 11) is 0. The molecule has 2 heteroatoms. The minimum absolute atomic E-state index is 0.281. The van der Waals surface area contributed by atoms with Gasteiger partial charge in [-0.2, -0.15) is 0 Å². The number of hydrogen-bond acceptors (Lipinski definition) is 2. The Morgan fingerprint density at radius 3 is 2.62 bits per heavy atom. The van der Waals surface area contributed by atoms with Gasteiger partial charge in [-0.3, -0.25) is 0 Å². The zero-order valence-electron chi connectivity index (χ0n) is 8.63. The van der Waals surface area contributed by atoms with Gasteiger partial charge >= 0.3 is 0 Å². The highest BCUT2D eigenvalue weighted by Gasteiger charge is 2.34. The third-order valence-corrected chi connectivity index (χ3v) is 2.53. The third kappa shape index (κ3) is 2.77. The lowest BCUT2D eigenvalue weighted by Crippen LogP contribution is -2.34. The van der Waals surface area contributed by atoms with Crippen molar-refractivity contribution in [3.8, 4) is 12.3 Å². The molecule has 0 spiro atoms. The van der Waals surface area contributed by atoms with Crippen molar-refractivity contribution in [1.29, 1.82) is 0 Å².